The first-order valence-electron chi connectivity index (χ1n) is 19.5. The van der Waals surface area contributed by atoms with E-state index in [1.165, 1.54) is 39.1 Å². The summed E-state index contributed by atoms with van der Waals surface area (Å²) >= 11 is 0. The summed E-state index contributed by atoms with van der Waals surface area (Å²) < 4.78 is 0. The average Bonchev–Trinajstić information content (AvgIpc) is 3.89. The highest BCUT2D eigenvalue weighted by molar-refractivity contribution is 5.83. The Labute approximate surface area is 323 Å². The topological polar surface area (TPSA) is 60.6 Å². The van der Waals surface area contributed by atoms with Gasteiger partial charge in [0.25, 0.3) is 0 Å². The van der Waals surface area contributed by atoms with E-state index in [9.17, 15) is 0 Å². The van der Waals surface area contributed by atoms with Crippen molar-refractivity contribution >= 4 is 5.69 Å². The Hall–Kier alpha value is -6.46. The third kappa shape index (κ3) is 7.14. The Bertz CT molecular complexity index is 2490. The number of nitrogens with zero attached hydrogens (tertiary/aromatic N) is 3. The van der Waals surface area contributed by atoms with E-state index in [0.717, 1.165) is 95.2 Å². The largest absolute Gasteiger partial charge is 0.378 e. The molecule has 0 aliphatic heterocycles. The molecular weight excluding hydrogens is 671 g/mol. The first-order valence-corrected chi connectivity index (χ1v) is 19.5. The van der Waals surface area contributed by atoms with Crippen LogP contribution in [0.15, 0.2) is 152 Å². The van der Waals surface area contributed by atoms with Crippen molar-refractivity contribution in [3.63, 3.8) is 0 Å². The van der Waals surface area contributed by atoms with E-state index in [1.807, 2.05) is 0 Å². The molecule has 6 aromatic carbocycles. The zero-order chi connectivity index (χ0) is 37.1. The number of aromatic amines is 2. The first-order chi connectivity index (χ1) is 27.1. The van der Waals surface area contributed by atoms with Crippen LogP contribution < -0.4 is 4.90 Å². The summed E-state index contributed by atoms with van der Waals surface area (Å²) in [4.78, 5) is 20.4. The van der Waals surface area contributed by atoms with Crippen molar-refractivity contribution in [2.45, 2.75) is 38.5 Å². The lowest BCUT2D eigenvalue weighted by molar-refractivity contribution is 0.801. The molecule has 5 heteroatoms. The Morgan fingerprint density at radius 2 is 0.855 bits per heavy atom. The molecule has 2 aromatic heterocycles. The van der Waals surface area contributed by atoms with Crippen molar-refractivity contribution < 1.29 is 0 Å². The lowest BCUT2D eigenvalue weighted by atomic mass is 9.92. The predicted molar refractivity (Wildman–Crippen MR) is 228 cm³/mol. The highest BCUT2D eigenvalue weighted by Crippen LogP contribution is 2.38. The fourth-order valence-corrected chi connectivity index (χ4v) is 7.96. The van der Waals surface area contributed by atoms with Crippen molar-refractivity contribution in [3.8, 4) is 67.8 Å². The molecule has 5 nitrogen and oxygen atoms in total. The van der Waals surface area contributed by atoms with Gasteiger partial charge in [0.15, 0.2) is 0 Å². The second-order valence-corrected chi connectivity index (χ2v) is 14.8. The minimum atomic E-state index is 0.927. The third-order valence-corrected chi connectivity index (χ3v) is 10.9. The summed E-state index contributed by atoms with van der Waals surface area (Å²) in [5.74, 6) is 1.86. The molecule has 55 heavy (non-hydrogen) atoms. The molecular formula is C50H45N5. The normalized spacial score (nSPS) is 12.8. The minimum absolute atomic E-state index is 0.927. The monoisotopic (exact) mass is 715 g/mol. The summed E-state index contributed by atoms with van der Waals surface area (Å²) in [6.07, 6.45) is 5.92. The molecule has 8 aromatic rings. The molecule has 0 radical (unpaired) electrons. The van der Waals surface area contributed by atoms with Crippen LogP contribution in [0.3, 0.4) is 0 Å². The van der Waals surface area contributed by atoms with Crippen LogP contribution >= 0.6 is 0 Å². The number of nitrogens with one attached hydrogen (secondary N) is 2. The molecule has 0 saturated carbocycles. The van der Waals surface area contributed by atoms with Crippen LogP contribution in [-0.4, -0.2) is 34.0 Å². The van der Waals surface area contributed by atoms with Crippen LogP contribution in [0.1, 0.15) is 35.1 Å². The number of aryl methyl sites for hydroxylation is 4. The van der Waals surface area contributed by atoms with E-state index in [4.69, 9.17) is 9.97 Å². The molecule has 0 fully saturated rings. The SMILES string of the molecule is CN(C)c1ccc(-c2[nH]c(-c3cc4ccc3CCCc3ccc(cc3-c3nc(-c5ccccc5)c(-c5ccccc5)[nH]3)CCC4)nc2-c2ccccc2)cc1. The van der Waals surface area contributed by atoms with Gasteiger partial charge in [-0.15, -0.1) is 0 Å². The number of hydrogen-bond donors (Lipinski definition) is 2. The molecule has 0 saturated heterocycles. The van der Waals surface area contributed by atoms with Crippen molar-refractivity contribution in [1.29, 1.82) is 0 Å². The molecule has 2 N–H and O–H groups in total. The van der Waals surface area contributed by atoms with Gasteiger partial charge in [-0.25, -0.2) is 9.97 Å². The quantitative estimate of drug-likeness (QED) is 0.173. The van der Waals surface area contributed by atoms with E-state index < -0.39 is 0 Å². The van der Waals surface area contributed by atoms with Gasteiger partial charge in [-0.05, 0) is 85.0 Å². The zero-order valence-electron chi connectivity index (χ0n) is 31.5. The number of benzene rings is 6. The van der Waals surface area contributed by atoms with Crippen molar-refractivity contribution in [1.82, 2.24) is 19.9 Å². The summed E-state index contributed by atoms with van der Waals surface area (Å²) in [6.45, 7) is 0. The minimum Gasteiger partial charge on any atom is -0.378 e. The fourth-order valence-electron chi connectivity index (χ4n) is 7.96. The van der Waals surface area contributed by atoms with Crippen molar-refractivity contribution in [3.05, 3.63) is 174 Å². The number of aromatic nitrogens is 4. The summed E-state index contributed by atoms with van der Waals surface area (Å²) in [5.41, 5.74) is 17.4. The highest BCUT2D eigenvalue weighted by Gasteiger charge is 2.21. The number of imidazole rings is 2. The molecule has 270 valence electrons. The Balaban J connectivity index is 1.08. The average molecular weight is 716 g/mol. The number of hydrogen-bond acceptors (Lipinski definition) is 3. The zero-order valence-corrected chi connectivity index (χ0v) is 31.5. The fraction of sp³-hybridized carbons (Fsp3) is 0.160. The third-order valence-electron chi connectivity index (χ3n) is 10.9. The molecule has 0 unspecified atom stereocenters. The maximum Gasteiger partial charge on any atom is 0.138 e. The molecule has 0 amide bonds. The first kappa shape index (κ1) is 34.3. The van der Waals surface area contributed by atoms with E-state index >= 15 is 0 Å². The second-order valence-electron chi connectivity index (χ2n) is 14.8. The van der Waals surface area contributed by atoms with E-state index in [1.54, 1.807) is 0 Å². The Morgan fingerprint density at radius 1 is 0.436 bits per heavy atom. The Morgan fingerprint density at radius 3 is 1.31 bits per heavy atom. The maximum absolute atomic E-state index is 5.36. The number of anilines is 1. The van der Waals surface area contributed by atoms with Gasteiger partial charge in [-0.1, -0.05) is 127 Å². The second kappa shape index (κ2) is 15.1. The molecule has 12 rings (SSSR count). The van der Waals surface area contributed by atoms with Gasteiger partial charge in [0.05, 0.1) is 22.8 Å². The van der Waals surface area contributed by atoms with Gasteiger partial charge >= 0.3 is 0 Å². The van der Waals surface area contributed by atoms with Gasteiger partial charge < -0.3 is 14.9 Å². The molecule has 4 bridgehead atoms. The molecule has 0 spiro atoms. The smallest absolute Gasteiger partial charge is 0.138 e. The molecule has 4 aliphatic rings. The van der Waals surface area contributed by atoms with E-state index in [-0.39, 0.29) is 0 Å². The Kier molecular flexibility index (Phi) is 9.43. The van der Waals surface area contributed by atoms with Crippen molar-refractivity contribution in [2.24, 2.45) is 0 Å². The summed E-state index contributed by atoms with van der Waals surface area (Å²) in [6, 6.07) is 54.5. The van der Waals surface area contributed by atoms with Gasteiger partial charge in [-0.2, -0.15) is 0 Å². The van der Waals surface area contributed by atoms with Crippen LogP contribution in [0.5, 0.6) is 0 Å². The van der Waals surface area contributed by atoms with Crippen molar-refractivity contribution in [2.75, 3.05) is 19.0 Å². The van der Waals surface area contributed by atoms with Crippen LogP contribution in [0.25, 0.3) is 67.8 Å². The molecule has 0 atom stereocenters. The number of rotatable bonds is 7. The van der Waals surface area contributed by atoms with Crippen LogP contribution in [0, 0.1) is 0 Å². The van der Waals surface area contributed by atoms with Gasteiger partial charge in [-0.3, -0.25) is 0 Å². The van der Waals surface area contributed by atoms with E-state index in [2.05, 4.69) is 181 Å². The standard InChI is InChI=1S/C50H45N5/c1-55(2)42-30-28-41(29-31-42)48-47(40-20-10-5-11-21-40)53-50(54-48)44-33-35-15-12-14-34-24-26-36(22-13-23-37(44)27-25-35)43(32-34)49-51-45(38-16-6-3-7-17-38)46(52-49)39-18-8-4-9-19-39/h3-11,16-21,24-33H,12-15,22-23H2,1-2H3,(H,51,52)(H,53,54). The van der Waals surface area contributed by atoms with Crippen LogP contribution in [0.2, 0.25) is 0 Å². The summed E-state index contributed by atoms with van der Waals surface area (Å²) in [5, 5.41) is 0. The highest BCUT2D eigenvalue weighted by atomic mass is 15.1. The van der Waals surface area contributed by atoms with Crippen LogP contribution in [-0.2, 0) is 25.7 Å². The number of H-pyrrole nitrogens is 2. The molecule has 2 heterocycles. The lowest BCUT2D eigenvalue weighted by Crippen LogP contribution is -2.07. The summed E-state index contributed by atoms with van der Waals surface area (Å²) in [7, 11) is 4.15. The predicted octanol–water partition coefficient (Wildman–Crippen LogP) is 11.9. The molecule has 4 aliphatic carbocycles. The van der Waals surface area contributed by atoms with E-state index in [0.29, 0.717) is 0 Å². The van der Waals surface area contributed by atoms with Gasteiger partial charge in [0, 0.05) is 53.2 Å². The maximum atomic E-state index is 5.36. The van der Waals surface area contributed by atoms with Gasteiger partial charge in [0.1, 0.15) is 11.6 Å². The lowest BCUT2D eigenvalue weighted by Gasteiger charge is -2.15. The van der Waals surface area contributed by atoms with Gasteiger partial charge in [0.2, 0.25) is 0 Å². The van der Waals surface area contributed by atoms with Crippen LogP contribution in [0.4, 0.5) is 5.69 Å².